The molecule has 0 saturated carbocycles. The Morgan fingerprint density at radius 3 is 2.66 bits per heavy atom. The maximum absolute atomic E-state index is 14.2. The fourth-order valence-electron chi connectivity index (χ4n) is 3.90. The number of nitrogens with one attached hydrogen (secondary N) is 1. The highest BCUT2D eigenvalue weighted by atomic mass is 19.1. The number of likely N-dealkylation sites (tertiary alicyclic amines) is 1. The number of hydrogen-bond donors (Lipinski definition) is 1. The van der Waals surface area contributed by atoms with Crippen LogP contribution in [0.5, 0.6) is 0 Å². The molecular formula is C24H26FN5O2. The van der Waals surface area contributed by atoms with E-state index in [0.29, 0.717) is 12.1 Å². The molecule has 32 heavy (non-hydrogen) atoms. The van der Waals surface area contributed by atoms with Crippen LogP contribution in [0, 0.1) is 13.8 Å². The first-order valence-electron chi connectivity index (χ1n) is 10.7. The first-order valence-corrected chi connectivity index (χ1v) is 10.7. The minimum Gasteiger partial charge on any atom is -0.347 e. The van der Waals surface area contributed by atoms with E-state index < -0.39 is 6.17 Å². The monoisotopic (exact) mass is 435 g/mol. The molecule has 2 atom stereocenters. The summed E-state index contributed by atoms with van der Waals surface area (Å²) in [6, 6.07) is 14.7. The van der Waals surface area contributed by atoms with Crippen LogP contribution in [0.15, 0.2) is 54.7 Å². The van der Waals surface area contributed by atoms with E-state index in [2.05, 4.69) is 15.6 Å². The lowest BCUT2D eigenvalue weighted by atomic mass is 10.1. The Hall–Kier alpha value is -3.55. The van der Waals surface area contributed by atoms with E-state index in [4.69, 9.17) is 0 Å². The molecule has 1 N–H and O–H groups in total. The Balaban J connectivity index is 1.41. The molecule has 2 aromatic carbocycles. The smallest absolute Gasteiger partial charge is 0.273 e. The van der Waals surface area contributed by atoms with Crippen molar-refractivity contribution in [3.05, 3.63) is 82.7 Å². The quantitative estimate of drug-likeness (QED) is 0.645. The molecule has 2 unspecified atom stereocenters. The predicted molar refractivity (Wildman–Crippen MR) is 118 cm³/mol. The molecule has 1 saturated heterocycles. The zero-order chi connectivity index (χ0) is 22.7. The summed E-state index contributed by atoms with van der Waals surface area (Å²) in [7, 11) is 0. The average molecular weight is 436 g/mol. The van der Waals surface area contributed by atoms with Crippen LogP contribution in [0.4, 0.5) is 4.39 Å². The second-order valence-electron chi connectivity index (χ2n) is 8.24. The molecule has 2 amide bonds. The molecule has 166 valence electrons. The molecule has 8 heteroatoms. The van der Waals surface area contributed by atoms with Gasteiger partial charge in [0.2, 0.25) is 0 Å². The summed E-state index contributed by atoms with van der Waals surface area (Å²) in [5, 5.41) is 10.8. The van der Waals surface area contributed by atoms with Gasteiger partial charge in [0.05, 0.1) is 25.3 Å². The number of rotatable bonds is 6. The molecule has 7 nitrogen and oxygen atoms in total. The van der Waals surface area contributed by atoms with Gasteiger partial charge in [0.15, 0.2) is 5.69 Å². The van der Waals surface area contributed by atoms with Gasteiger partial charge in [-0.2, -0.15) is 0 Å². The molecule has 0 aliphatic carbocycles. The van der Waals surface area contributed by atoms with Crippen molar-refractivity contribution < 1.29 is 14.0 Å². The Morgan fingerprint density at radius 2 is 1.91 bits per heavy atom. The molecule has 1 aromatic heterocycles. The second-order valence-corrected chi connectivity index (χ2v) is 8.24. The van der Waals surface area contributed by atoms with Crippen LogP contribution < -0.4 is 5.32 Å². The number of amides is 2. The lowest BCUT2D eigenvalue weighted by Gasteiger charge is -2.24. The van der Waals surface area contributed by atoms with Crippen LogP contribution in [0.1, 0.15) is 44.0 Å². The number of alkyl halides is 1. The fourth-order valence-corrected chi connectivity index (χ4v) is 3.90. The number of aromatic nitrogens is 3. The molecule has 1 aliphatic rings. The van der Waals surface area contributed by atoms with E-state index in [9.17, 15) is 14.0 Å². The van der Waals surface area contributed by atoms with Crippen molar-refractivity contribution in [2.24, 2.45) is 0 Å². The zero-order valence-corrected chi connectivity index (χ0v) is 18.2. The Bertz CT molecular complexity index is 1110. The number of aryl methyl sites for hydroxylation is 2. The molecule has 1 aliphatic heterocycles. The summed E-state index contributed by atoms with van der Waals surface area (Å²) < 4.78 is 15.7. The number of carbonyl (C=O) groups excluding carboxylic acids is 2. The van der Waals surface area contributed by atoms with Gasteiger partial charge in [-0.15, -0.1) is 5.10 Å². The highest BCUT2D eigenvalue weighted by Crippen LogP contribution is 2.24. The molecule has 4 rings (SSSR count). The molecule has 0 bridgehead atoms. The normalized spacial score (nSPS) is 18.0. The van der Waals surface area contributed by atoms with Crippen molar-refractivity contribution >= 4 is 11.8 Å². The minimum atomic E-state index is -1.09. The molecule has 3 aromatic rings. The maximum Gasteiger partial charge on any atom is 0.273 e. The van der Waals surface area contributed by atoms with Gasteiger partial charge < -0.3 is 10.2 Å². The topological polar surface area (TPSA) is 80.1 Å². The SMILES string of the molecule is Cc1ccc(C(=O)N2CC(F)CC2Cn2cc(C(=O)NCc3ccccc3)nn2)cc1C. The standard InChI is InChI=1S/C24H26FN5O2/c1-16-8-9-19(10-17(16)2)24(32)30-13-20(25)11-21(30)14-29-15-22(27-28-29)23(31)26-12-18-6-4-3-5-7-18/h3-10,15,20-21H,11-14H2,1-2H3,(H,26,31). The third-order valence-electron chi connectivity index (χ3n) is 5.84. The third kappa shape index (κ3) is 4.85. The number of carbonyl (C=O) groups is 2. The van der Waals surface area contributed by atoms with E-state index in [-0.39, 0.29) is 43.1 Å². The van der Waals surface area contributed by atoms with Gasteiger partial charge in [0, 0.05) is 18.5 Å². The summed E-state index contributed by atoms with van der Waals surface area (Å²) >= 11 is 0. The van der Waals surface area contributed by atoms with Crippen LogP contribution in [-0.4, -0.2) is 50.5 Å². The van der Waals surface area contributed by atoms with E-state index in [0.717, 1.165) is 16.7 Å². The maximum atomic E-state index is 14.2. The predicted octanol–water partition coefficient (Wildman–Crippen LogP) is 3.08. The first-order chi connectivity index (χ1) is 15.4. The van der Waals surface area contributed by atoms with Crippen LogP contribution in [0.2, 0.25) is 0 Å². The van der Waals surface area contributed by atoms with Crippen molar-refractivity contribution in [2.45, 2.75) is 45.6 Å². The van der Waals surface area contributed by atoms with Gasteiger partial charge >= 0.3 is 0 Å². The zero-order valence-electron chi connectivity index (χ0n) is 18.2. The summed E-state index contributed by atoms with van der Waals surface area (Å²) in [5.41, 5.74) is 3.83. The summed E-state index contributed by atoms with van der Waals surface area (Å²) in [4.78, 5) is 27.0. The number of benzene rings is 2. The van der Waals surface area contributed by atoms with Crippen LogP contribution in [0.3, 0.4) is 0 Å². The van der Waals surface area contributed by atoms with E-state index in [1.165, 1.54) is 10.9 Å². The van der Waals surface area contributed by atoms with Gasteiger partial charge in [-0.25, -0.2) is 9.07 Å². The highest BCUT2D eigenvalue weighted by Gasteiger charge is 2.36. The van der Waals surface area contributed by atoms with E-state index in [1.807, 2.05) is 56.3 Å². The van der Waals surface area contributed by atoms with Gasteiger partial charge in [-0.3, -0.25) is 9.59 Å². The Labute approximate surface area is 186 Å². The molecule has 0 radical (unpaired) electrons. The van der Waals surface area contributed by atoms with Crippen LogP contribution >= 0.6 is 0 Å². The van der Waals surface area contributed by atoms with Crippen molar-refractivity contribution in [1.82, 2.24) is 25.2 Å². The molecular weight excluding hydrogens is 409 g/mol. The van der Waals surface area contributed by atoms with Crippen molar-refractivity contribution in [3.63, 3.8) is 0 Å². The number of nitrogens with zero attached hydrogens (tertiary/aromatic N) is 4. The van der Waals surface area contributed by atoms with Gasteiger partial charge in [0.1, 0.15) is 6.17 Å². The van der Waals surface area contributed by atoms with Gasteiger partial charge in [0.25, 0.3) is 11.8 Å². The Kier molecular flexibility index (Phi) is 6.30. The van der Waals surface area contributed by atoms with Gasteiger partial charge in [-0.1, -0.05) is 41.6 Å². The number of halogens is 1. The lowest BCUT2D eigenvalue weighted by molar-refractivity contribution is 0.0714. The van der Waals surface area contributed by atoms with Crippen LogP contribution in [0.25, 0.3) is 0 Å². The summed E-state index contributed by atoms with van der Waals surface area (Å²) in [5.74, 6) is -0.530. The molecule has 0 spiro atoms. The van der Waals surface area contributed by atoms with E-state index in [1.54, 1.807) is 11.0 Å². The van der Waals surface area contributed by atoms with Crippen molar-refractivity contribution in [3.8, 4) is 0 Å². The van der Waals surface area contributed by atoms with Crippen LogP contribution in [-0.2, 0) is 13.1 Å². The average Bonchev–Trinajstić information content (AvgIpc) is 3.41. The molecule has 1 fully saturated rings. The van der Waals surface area contributed by atoms with Gasteiger partial charge in [-0.05, 0) is 42.7 Å². The Morgan fingerprint density at radius 1 is 1.12 bits per heavy atom. The van der Waals surface area contributed by atoms with Crippen molar-refractivity contribution in [2.75, 3.05) is 6.54 Å². The largest absolute Gasteiger partial charge is 0.347 e. The molecule has 2 heterocycles. The fraction of sp³-hybridized carbons (Fsp3) is 0.333. The highest BCUT2D eigenvalue weighted by molar-refractivity contribution is 5.95. The summed E-state index contributed by atoms with van der Waals surface area (Å²) in [6.07, 6.45) is 0.670. The summed E-state index contributed by atoms with van der Waals surface area (Å²) in [6.45, 7) is 4.64. The first kappa shape index (κ1) is 21.7. The second kappa shape index (κ2) is 9.30. The lowest BCUT2D eigenvalue weighted by Crippen LogP contribution is -2.38. The van der Waals surface area contributed by atoms with E-state index >= 15 is 0 Å². The third-order valence-corrected chi connectivity index (χ3v) is 5.84. The van der Waals surface area contributed by atoms with Crippen molar-refractivity contribution in [1.29, 1.82) is 0 Å². The number of hydrogen-bond acceptors (Lipinski definition) is 4. The minimum absolute atomic E-state index is 0.0511.